The van der Waals surface area contributed by atoms with Gasteiger partial charge in [0.25, 0.3) is 0 Å². The minimum absolute atomic E-state index is 0.0933. The summed E-state index contributed by atoms with van der Waals surface area (Å²) in [7, 11) is 0. The van der Waals surface area contributed by atoms with Crippen LogP contribution in [0.4, 0.5) is 0 Å². The number of hydrogen-bond acceptors (Lipinski definition) is 3. The maximum absolute atomic E-state index is 12.0. The largest absolute Gasteiger partial charge is 0.462 e. The molecule has 0 amide bonds. The minimum Gasteiger partial charge on any atom is -0.462 e. The number of ketones is 1. The zero-order chi connectivity index (χ0) is 13.7. The second kappa shape index (κ2) is 6.32. The topological polar surface area (TPSA) is 43.4 Å². The summed E-state index contributed by atoms with van der Waals surface area (Å²) in [5, 5.41) is 0. The third kappa shape index (κ3) is 3.53. The number of ether oxygens (including phenoxy) is 1. The molecule has 0 aliphatic heterocycles. The summed E-state index contributed by atoms with van der Waals surface area (Å²) >= 11 is 0. The molecule has 1 saturated carbocycles. The van der Waals surface area contributed by atoms with Crippen LogP contribution in [-0.2, 0) is 9.53 Å². The summed E-state index contributed by atoms with van der Waals surface area (Å²) in [4.78, 5) is 23.8. The van der Waals surface area contributed by atoms with Gasteiger partial charge in [-0.3, -0.25) is 4.79 Å². The average molecular weight is 258 g/mol. The third-order valence-electron chi connectivity index (χ3n) is 3.48. The van der Waals surface area contributed by atoms with Crippen molar-refractivity contribution in [1.82, 2.24) is 0 Å². The Morgan fingerprint density at radius 2 is 1.79 bits per heavy atom. The number of rotatable bonds is 5. The van der Waals surface area contributed by atoms with E-state index >= 15 is 0 Å². The molecule has 0 unspecified atom stereocenters. The summed E-state index contributed by atoms with van der Waals surface area (Å²) in [6, 6.07) is 8.65. The van der Waals surface area contributed by atoms with Crippen LogP contribution in [0.1, 0.15) is 36.0 Å². The summed E-state index contributed by atoms with van der Waals surface area (Å²) < 4.78 is 5.17. The van der Waals surface area contributed by atoms with Gasteiger partial charge in [-0.25, -0.2) is 4.79 Å². The highest BCUT2D eigenvalue weighted by Gasteiger charge is 2.21. The van der Waals surface area contributed by atoms with Gasteiger partial charge in [-0.05, 0) is 18.8 Å². The first kappa shape index (κ1) is 13.5. The first-order valence-corrected chi connectivity index (χ1v) is 6.64. The second-order valence-corrected chi connectivity index (χ2v) is 4.92. The van der Waals surface area contributed by atoms with E-state index in [1.807, 2.05) is 6.07 Å². The van der Waals surface area contributed by atoms with Crippen molar-refractivity contribution in [3.8, 4) is 0 Å². The van der Waals surface area contributed by atoms with Crippen molar-refractivity contribution in [2.24, 2.45) is 5.92 Å². The summed E-state index contributed by atoms with van der Waals surface area (Å²) in [5.41, 5.74) is 0.370. The zero-order valence-electron chi connectivity index (χ0n) is 10.9. The van der Waals surface area contributed by atoms with Crippen molar-refractivity contribution in [2.75, 3.05) is 6.61 Å². The molecule has 0 heterocycles. The summed E-state index contributed by atoms with van der Waals surface area (Å²) in [6.45, 7) is 3.95. The van der Waals surface area contributed by atoms with E-state index in [-0.39, 0.29) is 11.4 Å². The van der Waals surface area contributed by atoms with Crippen LogP contribution < -0.4 is 0 Å². The van der Waals surface area contributed by atoms with E-state index in [9.17, 15) is 9.59 Å². The summed E-state index contributed by atoms with van der Waals surface area (Å²) in [6.07, 6.45) is 4.61. The number of Topliss-reactive ketones (excluding diaryl/α,β-unsaturated/α-hetero) is 1. The average Bonchev–Trinajstić information content (AvgIpc) is 2.97. The molecule has 2 rings (SSSR count). The highest BCUT2D eigenvalue weighted by molar-refractivity contribution is 6.23. The predicted octanol–water partition coefficient (Wildman–Crippen LogP) is 3.16. The Morgan fingerprint density at radius 3 is 2.42 bits per heavy atom. The molecule has 0 atom stereocenters. The lowest BCUT2D eigenvalue weighted by molar-refractivity contribution is -0.139. The molecule has 1 fully saturated rings. The van der Waals surface area contributed by atoms with E-state index in [0.717, 1.165) is 12.8 Å². The Morgan fingerprint density at radius 1 is 1.16 bits per heavy atom. The molecule has 0 spiro atoms. The lowest BCUT2D eigenvalue weighted by Gasteiger charge is -2.10. The quantitative estimate of drug-likeness (QED) is 0.268. The molecule has 19 heavy (non-hydrogen) atoms. The Labute approximate surface area is 113 Å². The molecule has 100 valence electrons. The van der Waals surface area contributed by atoms with Gasteiger partial charge in [0.15, 0.2) is 5.78 Å². The molecule has 1 aliphatic rings. The third-order valence-corrected chi connectivity index (χ3v) is 3.48. The predicted molar refractivity (Wildman–Crippen MR) is 72.8 cm³/mol. The van der Waals surface area contributed by atoms with Gasteiger partial charge in [-0.15, -0.1) is 0 Å². The van der Waals surface area contributed by atoms with Crippen LogP contribution in [-0.4, -0.2) is 18.4 Å². The van der Waals surface area contributed by atoms with Crippen LogP contribution >= 0.6 is 0 Å². The fraction of sp³-hybridized carbons (Fsp3) is 0.375. The maximum Gasteiger partial charge on any atom is 0.341 e. The molecule has 0 bridgehead atoms. The molecule has 1 aliphatic carbocycles. The smallest absolute Gasteiger partial charge is 0.341 e. The van der Waals surface area contributed by atoms with Crippen LogP contribution in [0.25, 0.3) is 0 Å². The standard InChI is InChI=1S/C16H18O3/c1-12(15(17)14-9-3-2-4-10-14)16(18)19-11-13-7-5-6-8-13/h2-4,9-10,13H,1,5-8,11H2. The van der Waals surface area contributed by atoms with Crippen LogP contribution in [0.2, 0.25) is 0 Å². The van der Waals surface area contributed by atoms with Crippen molar-refractivity contribution in [3.05, 3.63) is 48.0 Å². The van der Waals surface area contributed by atoms with Gasteiger partial charge in [-0.2, -0.15) is 0 Å². The molecule has 0 radical (unpaired) electrons. The fourth-order valence-electron chi connectivity index (χ4n) is 2.31. The zero-order valence-corrected chi connectivity index (χ0v) is 10.9. The van der Waals surface area contributed by atoms with Crippen molar-refractivity contribution in [3.63, 3.8) is 0 Å². The Bertz CT molecular complexity index is 470. The lowest BCUT2D eigenvalue weighted by atomic mass is 10.1. The van der Waals surface area contributed by atoms with Gasteiger partial charge >= 0.3 is 5.97 Å². The van der Waals surface area contributed by atoms with Crippen LogP contribution in [0.15, 0.2) is 42.5 Å². The van der Waals surface area contributed by atoms with Crippen LogP contribution in [0, 0.1) is 5.92 Å². The van der Waals surface area contributed by atoms with Crippen molar-refractivity contribution < 1.29 is 14.3 Å². The Hall–Kier alpha value is -1.90. The molecule has 0 saturated heterocycles. The van der Waals surface area contributed by atoms with Crippen molar-refractivity contribution in [1.29, 1.82) is 0 Å². The van der Waals surface area contributed by atoms with E-state index in [4.69, 9.17) is 4.74 Å². The van der Waals surface area contributed by atoms with Gasteiger partial charge in [-0.1, -0.05) is 49.8 Å². The van der Waals surface area contributed by atoms with Gasteiger partial charge in [0.2, 0.25) is 0 Å². The van der Waals surface area contributed by atoms with Gasteiger partial charge < -0.3 is 4.74 Å². The highest BCUT2D eigenvalue weighted by Crippen LogP contribution is 2.25. The monoisotopic (exact) mass is 258 g/mol. The lowest BCUT2D eigenvalue weighted by Crippen LogP contribution is -2.18. The minimum atomic E-state index is -0.597. The number of carbonyl (C=O) groups excluding carboxylic acids is 2. The van der Waals surface area contributed by atoms with E-state index in [2.05, 4.69) is 6.58 Å². The molecule has 0 aromatic heterocycles. The van der Waals surface area contributed by atoms with E-state index in [1.165, 1.54) is 12.8 Å². The molecule has 1 aromatic carbocycles. The molecular formula is C16H18O3. The first-order chi connectivity index (χ1) is 9.18. The fourth-order valence-corrected chi connectivity index (χ4v) is 2.31. The number of esters is 1. The Kier molecular flexibility index (Phi) is 4.50. The van der Waals surface area contributed by atoms with E-state index in [0.29, 0.717) is 18.1 Å². The van der Waals surface area contributed by atoms with Crippen molar-refractivity contribution >= 4 is 11.8 Å². The SMILES string of the molecule is C=C(C(=O)OCC1CCCC1)C(=O)c1ccccc1. The van der Waals surface area contributed by atoms with Crippen LogP contribution in [0.3, 0.4) is 0 Å². The molecule has 0 N–H and O–H groups in total. The molecular weight excluding hydrogens is 240 g/mol. The molecule has 1 aromatic rings. The molecule has 3 heteroatoms. The van der Waals surface area contributed by atoms with Gasteiger partial charge in [0.1, 0.15) is 5.57 Å². The van der Waals surface area contributed by atoms with Gasteiger partial charge in [0, 0.05) is 5.56 Å². The van der Waals surface area contributed by atoms with E-state index < -0.39 is 5.97 Å². The second-order valence-electron chi connectivity index (χ2n) is 4.92. The summed E-state index contributed by atoms with van der Waals surface area (Å²) in [5.74, 6) is -0.513. The maximum atomic E-state index is 12.0. The van der Waals surface area contributed by atoms with Gasteiger partial charge in [0.05, 0.1) is 6.61 Å². The number of benzene rings is 1. The molecule has 3 nitrogen and oxygen atoms in total. The Balaban J connectivity index is 1.88. The number of carbonyl (C=O) groups is 2. The highest BCUT2D eigenvalue weighted by atomic mass is 16.5. The normalized spacial score (nSPS) is 15.2. The van der Waals surface area contributed by atoms with Crippen molar-refractivity contribution in [2.45, 2.75) is 25.7 Å². The first-order valence-electron chi connectivity index (χ1n) is 6.64. The van der Waals surface area contributed by atoms with Crippen LogP contribution in [0.5, 0.6) is 0 Å². The number of hydrogen-bond donors (Lipinski definition) is 0. The van der Waals surface area contributed by atoms with E-state index in [1.54, 1.807) is 24.3 Å².